The number of primary amides is 1. The zero-order chi connectivity index (χ0) is 38.7. The van der Waals surface area contributed by atoms with E-state index < -0.39 is 48.0 Å². The molecule has 54 heavy (non-hydrogen) atoms. The minimum Gasteiger partial charge on any atom is -0.489 e. The average Bonchev–Trinajstić information content (AvgIpc) is 3.65. The molecular formula is C37H43ClF3N7O5S. The first-order valence-corrected chi connectivity index (χ1v) is 19.6. The predicted octanol–water partition coefficient (Wildman–Crippen LogP) is 6.91. The fourth-order valence-electron chi connectivity index (χ4n) is 6.70. The third-order valence-corrected chi connectivity index (χ3v) is 11.8. The summed E-state index contributed by atoms with van der Waals surface area (Å²) in [5.74, 6) is -0.155. The van der Waals surface area contributed by atoms with Crippen molar-refractivity contribution in [1.82, 2.24) is 25.1 Å². The summed E-state index contributed by atoms with van der Waals surface area (Å²) in [6, 6.07) is 14.8. The zero-order valence-electron chi connectivity index (χ0n) is 30.0. The van der Waals surface area contributed by atoms with E-state index in [0.29, 0.717) is 12.5 Å². The van der Waals surface area contributed by atoms with Crippen molar-refractivity contribution in [3.05, 3.63) is 77.1 Å². The van der Waals surface area contributed by atoms with Crippen LogP contribution in [-0.2, 0) is 16.4 Å². The number of carbonyl (C=O) groups excluding carboxylic acids is 1. The molecule has 2 fully saturated rings. The van der Waals surface area contributed by atoms with Gasteiger partial charge in [0.05, 0.1) is 22.5 Å². The minimum atomic E-state index is -4.61. The normalized spacial score (nSPS) is 17.6. The molecule has 0 bridgehead atoms. The second kappa shape index (κ2) is 15.7. The molecule has 1 aliphatic carbocycles. The van der Waals surface area contributed by atoms with Crippen LogP contribution in [-0.4, -0.2) is 65.5 Å². The number of ether oxygens (including phenoxy) is 2. The van der Waals surface area contributed by atoms with Gasteiger partial charge in [-0.25, -0.2) is 23.1 Å². The van der Waals surface area contributed by atoms with Gasteiger partial charge in [-0.1, -0.05) is 41.9 Å². The Morgan fingerprint density at radius 1 is 1.09 bits per heavy atom. The van der Waals surface area contributed by atoms with Gasteiger partial charge in [-0.3, -0.25) is 4.79 Å². The number of nitrogens with one attached hydrogen (secondary N) is 2. The third kappa shape index (κ3) is 9.27. The van der Waals surface area contributed by atoms with Crippen LogP contribution >= 0.6 is 11.6 Å². The van der Waals surface area contributed by atoms with Crippen molar-refractivity contribution in [2.24, 2.45) is 17.1 Å². The maximum atomic E-state index is 14.4. The lowest BCUT2D eigenvalue weighted by Gasteiger charge is -2.18. The number of halogens is 4. The molecule has 3 aromatic heterocycles. The molecule has 1 atom stereocenters. The van der Waals surface area contributed by atoms with Gasteiger partial charge < -0.3 is 25.8 Å². The van der Waals surface area contributed by atoms with Gasteiger partial charge in [-0.05, 0) is 76.8 Å². The van der Waals surface area contributed by atoms with E-state index in [1.807, 2.05) is 30.3 Å². The number of amides is 1. The molecule has 1 saturated carbocycles. The van der Waals surface area contributed by atoms with E-state index >= 15 is 0 Å². The number of anilines is 1. The number of nitrogens with zero attached hydrogens (tertiary/aromatic N) is 4. The molecule has 4 N–H and O–H groups in total. The molecule has 12 nitrogen and oxygen atoms in total. The van der Waals surface area contributed by atoms with Crippen LogP contribution in [0.25, 0.3) is 5.82 Å². The van der Waals surface area contributed by atoms with Crippen molar-refractivity contribution in [2.45, 2.75) is 87.0 Å². The maximum absolute atomic E-state index is 14.4. The van der Waals surface area contributed by atoms with Gasteiger partial charge in [0, 0.05) is 42.5 Å². The summed E-state index contributed by atoms with van der Waals surface area (Å²) in [6.07, 6.45) is 0.354. The summed E-state index contributed by atoms with van der Waals surface area (Å²) in [5, 5.41) is 10.1. The van der Waals surface area contributed by atoms with Gasteiger partial charge in [0.15, 0.2) is 10.8 Å². The number of sulfone groups is 1. The summed E-state index contributed by atoms with van der Waals surface area (Å²) < 4.78 is 81.4. The lowest BCUT2D eigenvalue weighted by Crippen LogP contribution is -2.31. The van der Waals surface area contributed by atoms with Crippen molar-refractivity contribution in [3.8, 4) is 17.4 Å². The molecule has 17 heteroatoms. The first kappa shape index (κ1) is 39.3. The SMILES string of the molecule is CC1(C)C[C@H](CCCNc2cc(OCc3ccccc3)cc(S(=O)(=O)c3cc(-n4ccc(OCCCC5(C(F)(F)F)CC5)n4)nc(Cl)c3C(N)=O)n2)CN1. The number of carbonyl (C=O) groups is 1. The number of benzene rings is 1. The maximum Gasteiger partial charge on any atom is 0.394 e. The van der Waals surface area contributed by atoms with Crippen LogP contribution in [0.3, 0.4) is 0 Å². The van der Waals surface area contributed by atoms with Crippen molar-refractivity contribution in [1.29, 1.82) is 0 Å². The molecule has 4 heterocycles. The number of hydrogen-bond donors (Lipinski definition) is 3. The molecule has 1 aliphatic heterocycles. The molecule has 1 saturated heterocycles. The van der Waals surface area contributed by atoms with Crippen molar-refractivity contribution in [2.75, 3.05) is 25.0 Å². The largest absolute Gasteiger partial charge is 0.489 e. The topological polar surface area (TPSA) is 163 Å². The summed E-state index contributed by atoms with van der Waals surface area (Å²) in [7, 11) is -4.61. The monoisotopic (exact) mass is 789 g/mol. The van der Waals surface area contributed by atoms with Crippen LogP contribution in [0, 0.1) is 11.3 Å². The van der Waals surface area contributed by atoms with Crippen LogP contribution in [0.1, 0.15) is 74.7 Å². The van der Waals surface area contributed by atoms with Crippen LogP contribution in [0.15, 0.2) is 70.7 Å². The van der Waals surface area contributed by atoms with Gasteiger partial charge in [0.2, 0.25) is 15.7 Å². The van der Waals surface area contributed by atoms with E-state index in [1.54, 1.807) is 6.07 Å². The summed E-state index contributed by atoms with van der Waals surface area (Å²) in [4.78, 5) is 20.7. The highest BCUT2D eigenvalue weighted by Crippen LogP contribution is 2.60. The lowest BCUT2D eigenvalue weighted by molar-refractivity contribution is -0.189. The molecule has 1 amide bonds. The highest BCUT2D eigenvalue weighted by Gasteiger charge is 2.62. The smallest absolute Gasteiger partial charge is 0.394 e. The van der Waals surface area contributed by atoms with E-state index in [0.717, 1.165) is 37.4 Å². The van der Waals surface area contributed by atoms with Crippen molar-refractivity contribution in [3.63, 3.8) is 0 Å². The Labute approximate surface area is 316 Å². The van der Waals surface area contributed by atoms with Gasteiger partial charge in [-0.15, -0.1) is 5.10 Å². The number of pyridine rings is 2. The number of alkyl halides is 3. The summed E-state index contributed by atoms with van der Waals surface area (Å²) >= 11 is 6.40. The third-order valence-electron chi connectivity index (χ3n) is 9.83. The van der Waals surface area contributed by atoms with E-state index in [-0.39, 0.29) is 67.7 Å². The summed E-state index contributed by atoms with van der Waals surface area (Å²) in [5.41, 5.74) is 4.42. The highest BCUT2D eigenvalue weighted by molar-refractivity contribution is 7.91. The molecular weight excluding hydrogens is 747 g/mol. The number of rotatable bonds is 17. The fourth-order valence-corrected chi connectivity index (χ4v) is 8.48. The van der Waals surface area contributed by atoms with Gasteiger partial charge in [0.1, 0.15) is 23.3 Å². The standard InChI is InChI=1S/C37H43ClF3N7O5S/c1-35(2)21-25(22-44-35)10-6-15-43-28-18-26(53-23-24-8-4-3-5-9-24)19-31(45-28)54(50,51)27-20-29(46-33(38)32(27)34(42)49)48-16-11-30(47-48)52-17-7-12-36(13-14-36)37(39,40)41/h3-5,8-9,11,16,18-20,25,44H,6-7,10,12-15,17,21-23H2,1-2H3,(H2,42,49)(H,43,45)/t25-/m0/s1. The van der Waals surface area contributed by atoms with Gasteiger partial charge in [-0.2, -0.15) is 13.2 Å². The molecule has 0 spiro atoms. The zero-order valence-corrected chi connectivity index (χ0v) is 31.5. The highest BCUT2D eigenvalue weighted by atomic mass is 35.5. The second-order valence-corrected chi connectivity index (χ2v) is 16.8. The molecule has 0 unspecified atom stereocenters. The van der Waals surface area contributed by atoms with Crippen LogP contribution in [0.2, 0.25) is 5.15 Å². The Bertz CT molecular complexity index is 2080. The fraction of sp³-hybridized carbons (Fsp3) is 0.459. The average molecular weight is 790 g/mol. The Balaban J connectivity index is 1.24. The molecule has 0 radical (unpaired) electrons. The molecule has 1 aromatic carbocycles. The predicted molar refractivity (Wildman–Crippen MR) is 196 cm³/mol. The lowest BCUT2D eigenvalue weighted by atomic mass is 9.94. The Morgan fingerprint density at radius 3 is 2.52 bits per heavy atom. The quantitative estimate of drug-likeness (QED) is 0.0757. The number of nitrogens with two attached hydrogens (primary N) is 1. The first-order chi connectivity index (χ1) is 25.6. The van der Waals surface area contributed by atoms with E-state index in [4.69, 9.17) is 26.8 Å². The van der Waals surface area contributed by atoms with Crippen LogP contribution < -0.4 is 25.8 Å². The molecule has 2 aliphatic rings. The number of hydrogen-bond acceptors (Lipinski definition) is 10. The second-order valence-electron chi connectivity index (χ2n) is 14.5. The Hall–Kier alpha value is -4.41. The summed E-state index contributed by atoms with van der Waals surface area (Å²) in [6.45, 7) is 5.96. The van der Waals surface area contributed by atoms with Crippen LogP contribution in [0.4, 0.5) is 19.0 Å². The minimum absolute atomic E-state index is 0.00996. The van der Waals surface area contributed by atoms with E-state index in [9.17, 15) is 26.4 Å². The van der Waals surface area contributed by atoms with E-state index in [1.165, 1.54) is 23.0 Å². The Morgan fingerprint density at radius 2 is 1.85 bits per heavy atom. The van der Waals surface area contributed by atoms with E-state index in [2.05, 4.69) is 39.5 Å². The number of aromatic nitrogens is 4. The first-order valence-electron chi connectivity index (χ1n) is 17.7. The van der Waals surface area contributed by atoms with Gasteiger partial charge >= 0.3 is 6.18 Å². The Kier molecular flexibility index (Phi) is 11.5. The van der Waals surface area contributed by atoms with Gasteiger partial charge in [0.25, 0.3) is 5.91 Å². The van der Waals surface area contributed by atoms with Crippen molar-refractivity contribution >= 4 is 33.2 Å². The molecule has 290 valence electrons. The molecule has 6 rings (SSSR count). The van der Waals surface area contributed by atoms with Crippen LogP contribution in [0.5, 0.6) is 11.6 Å². The van der Waals surface area contributed by atoms with Crippen molar-refractivity contribution < 1.29 is 35.9 Å². The molecule has 4 aromatic rings.